The molecule has 1 nitrogen and oxygen atoms in total. The van der Waals surface area contributed by atoms with E-state index in [-0.39, 0.29) is 5.41 Å². The molecule has 0 amide bonds. The van der Waals surface area contributed by atoms with E-state index in [9.17, 15) is 0 Å². The maximum Gasteiger partial charge on any atom is 0.0621 e. The van der Waals surface area contributed by atoms with Gasteiger partial charge in [0.05, 0.1) is 5.02 Å². The highest BCUT2D eigenvalue weighted by Gasteiger charge is 2.22. The van der Waals surface area contributed by atoms with E-state index < -0.39 is 0 Å². The van der Waals surface area contributed by atoms with Crippen molar-refractivity contribution in [1.82, 2.24) is 4.98 Å². The summed E-state index contributed by atoms with van der Waals surface area (Å²) in [4.78, 5) is 4.39. The van der Waals surface area contributed by atoms with Crippen molar-refractivity contribution in [2.24, 2.45) is 5.41 Å². The van der Waals surface area contributed by atoms with Gasteiger partial charge in [0.1, 0.15) is 0 Å². The summed E-state index contributed by atoms with van der Waals surface area (Å²) in [5, 5.41) is 0.751. The molecule has 0 bridgehead atoms. The van der Waals surface area contributed by atoms with E-state index >= 15 is 0 Å². The van der Waals surface area contributed by atoms with E-state index in [2.05, 4.69) is 41.7 Å². The Morgan fingerprint density at radius 1 is 1.50 bits per heavy atom. The van der Waals surface area contributed by atoms with Crippen LogP contribution in [0.25, 0.3) is 0 Å². The van der Waals surface area contributed by atoms with Crippen molar-refractivity contribution < 1.29 is 0 Å². The maximum absolute atomic E-state index is 6.04. The van der Waals surface area contributed by atoms with E-state index in [4.69, 9.17) is 11.6 Å². The predicted molar refractivity (Wildman–Crippen MR) is 65.1 cm³/mol. The monoisotopic (exact) mass is 275 g/mol. The molecule has 0 spiro atoms. The van der Waals surface area contributed by atoms with Gasteiger partial charge in [-0.1, -0.05) is 48.3 Å². The first-order chi connectivity index (χ1) is 6.41. The Hall–Kier alpha value is -0.0800. The topological polar surface area (TPSA) is 12.9 Å². The highest BCUT2D eigenvalue weighted by atomic mass is 79.9. The molecule has 0 saturated heterocycles. The van der Waals surface area contributed by atoms with Gasteiger partial charge < -0.3 is 0 Å². The molecule has 1 aromatic rings. The minimum atomic E-state index is 0.243. The Kier molecular flexibility index (Phi) is 3.96. The third kappa shape index (κ3) is 3.25. The van der Waals surface area contributed by atoms with Crippen molar-refractivity contribution in [1.29, 1.82) is 0 Å². The molecule has 0 radical (unpaired) electrons. The normalized spacial score (nSPS) is 14.1. The van der Waals surface area contributed by atoms with Crippen molar-refractivity contribution in [2.75, 3.05) is 0 Å². The van der Waals surface area contributed by atoms with Gasteiger partial charge in [0.25, 0.3) is 0 Å². The number of halogens is 2. The fourth-order valence-electron chi connectivity index (χ4n) is 1.07. The third-order valence-corrected chi connectivity index (χ3v) is 4.23. The highest BCUT2D eigenvalue weighted by Crippen LogP contribution is 2.30. The molecular weight excluding hydrogens is 261 g/mol. The lowest BCUT2D eigenvalue weighted by Gasteiger charge is -2.25. The molecule has 0 fully saturated rings. The van der Waals surface area contributed by atoms with Crippen LogP contribution in [0.15, 0.2) is 18.5 Å². The molecule has 78 valence electrons. The number of pyridine rings is 1. The van der Waals surface area contributed by atoms with Gasteiger partial charge in [-0.3, -0.25) is 4.98 Å². The number of alkyl halides is 1. The van der Waals surface area contributed by atoms with Crippen molar-refractivity contribution >= 4 is 27.5 Å². The van der Waals surface area contributed by atoms with E-state index in [1.54, 1.807) is 12.4 Å². The third-order valence-electron chi connectivity index (χ3n) is 2.20. The van der Waals surface area contributed by atoms with Gasteiger partial charge in [-0.25, -0.2) is 0 Å². The van der Waals surface area contributed by atoms with Crippen LogP contribution in [0.2, 0.25) is 5.02 Å². The molecule has 1 aromatic heterocycles. The molecular formula is C11H15BrClN. The van der Waals surface area contributed by atoms with Gasteiger partial charge in [0, 0.05) is 17.2 Å². The summed E-state index contributed by atoms with van der Waals surface area (Å²) < 4.78 is 0. The van der Waals surface area contributed by atoms with E-state index in [0.717, 1.165) is 17.0 Å². The van der Waals surface area contributed by atoms with Crippen LogP contribution < -0.4 is 0 Å². The first kappa shape index (κ1) is 12.0. The summed E-state index contributed by atoms with van der Waals surface area (Å²) in [6.45, 7) is 6.63. The summed E-state index contributed by atoms with van der Waals surface area (Å²) in [7, 11) is 0. The molecule has 3 heteroatoms. The van der Waals surface area contributed by atoms with Crippen molar-refractivity contribution in [3.63, 3.8) is 0 Å². The molecule has 14 heavy (non-hydrogen) atoms. The Morgan fingerprint density at radius 2 is 2.14 bits per heavy atom. The van der Waals surface area contributed by atoms with Gasteiger partial charge in [-0.05, 0) is 23.5 Å². The molecule has 0 saturated carbocycles. The molecule has 1 heterocycles. The number of nitrogens with zero attached hydrogens (tertiary/aromatic N) is 1. The first-order valence-corrected chi connectivity index (χ1v) is 5.93. The highest BCUT2D eigenvalue weighted by molar-refractivity contribution is 9.09. The van der Waals surface area contributed by atoms with Crippen LogP contribution in [0.1, 0.15) is 26.3 Å². The number of hydrogen-bond acceptors (Lipinski definition) is 1. The fourth-order valence-corrected chi connectivity index (χ4v) is 1.61. The Balaban J connectivity index is 2.75. The number of aromatic nitrogens is 1. The van der Waals surface area contributed by atoms with Crippen LogP contribution in [-0.2, 0) is 6.42 Å². The predicted octanol–water partition coefficient (Wildman–Crippen LogP) is 4.09. The molecule has 1 atom stereocenters. The molecule has 0 aliphatic carbocycles. The fraction of sp³-hybridized carbons (Fsp3) is 0.545. The zero-order valence-corrected chi connectivity index (χ0v) is 11.1. The lowest BCUT2D eigenvalue weighted by molar-refractivity contribution is 0.398. The van der Waals surface area contributed by atoms with Crippen LogP contribution in [-0.4, -0.2) is 9.81 Å². The first-order valence-electron chi connectivity index (χ1n) is 4.63. The Morgan fingerprint density at radius 3 is 2.64 bits per heavy atom. The average Bonchev–Trinajstić information content (AvgIpc) is 2.07. The average molecular weight is 277 g/mol. The second kappa shape index (κ2) is 4.63. The molecule has 1 unspecified atom stereocenters. The van der Waals surface area contributed by atoms with Crippen LogP contribution in [0.5, 0.6) is 0 Å². The van der Waals surface area contributed by atoms with E-state index in [1.807, 2.05) is 6.07 Å². The van der Waals surface area contributed by atoms with Gasteiger partial charge in [0.15, 0.2) is 0 Å². The van der Waals surface area contributed by atoms with Crippen molar-refractivity contribution in [3.8, 4) is 0 Å². The summed E-state index contributed by atoms with van der Waals surface area (Å²) in [5.74, 6) is 0. The summed E-state index contributed by atoms with van der Waals surface area (Å²) in [6, 6.07) is 1.97. The Labute approximate surface area is 99.0 Å². The minimum Gasteiger partial charge on any atom is -0.263 e. The zero-order chi connectivity index (χ0) is 10.8. The molecule has 0 aliphatic heterocycles. The lowest BCUT2D eigenvalue weighted by Crippen LogP contribution is -2.22. The zero-order valence-electron chi connectivity index (χ0n) is 8.72. The van der Waals surface area contributed by atoms with Crippen molar-refractivity contribution in [2.45, 2.75) is 32.0 Å². The van der Waals surface area contributed by atoms with Gasteiger partial charge in [-0.15, -0.1) is 0 Å². The summed E-state index contributed by atoms with van der Waals surface area (Å²) in [5.41, 5.74) is 1.39. The number of rotatable bonds is 2. The van der Waals surface area contributed by atoms with Gasteiger partial charge >= 0.3 is 0 Å². The van der Waals surface area contributed by atoms with Crippen LogP contribution in [0.3, 0.4) is 0 Å². The van der Waals surface area contributed by atoms with Crippen LogP contribution in [0.4, 0.5) is 0 Å². The molecule has 0 N–H and O–H groups in total. The van der Waals surface area contributed by atoms with Gasteiger partial charge in [-0.2, -0.15) is 0 Å². The minimum absolute atomic E-state index is 0.243. The molecule has 0 aromatic carbocycles. The van der Waals surface area contributed by atoms with Crippen molar-refractivity contribution in [3.05, 3.63) is 29.0 Å². The summed E-state index contributed by atoms with van der Waals surface area (Å²) >= 11 is 9.73. The Bertz CT molecular complexity index is 306. The standard InChI is InChI=1S/C11H15BrClN/c1-11(2,3)10(12)6-8-4-5-14-7-9(8)13/h4-5,7,10H,6H2,1-3H3. The molecule has 1 rings (SSSR count). The largest absolute Gasteiger partial charge is 0.263 e. The quantitative estimate of drug-likeness (QED) is 0.742. The van der Waals surface area contributed by atoms with E-state index in [0.29, 0.717) is 4.83 Å². The van der Waals surface area contributed by atoms with Crippen LogP contribution in [0, 0.1) is 5.41 Å². The lowest BCUT2D eigenvalue weighted by atomic mass is 9.89. The second-order valence-electron chi connectivity index (χ2n) is 4.50. The number of hydrogen-bond donors (Lipinski definition) is 0. The van der Waals surface area contributed by atoms with Gasteiger partial charge in [0.2, 0.25) is 0 Å². The SMILES string of the molecule is CC(C)(C)C(Br)Cc1ccncc1Cl. The van der Waals surface area contributed by atoms with Crippen LogP contribution >= 0.6 is 27.5 Å². The second-order valence-corrected chi connectivity index (χ2v) is 6.02. The van der Waals surface area contributed by atoms with E-state index in [1.165, 1.54) is 0 Å². The smallest absolute Gasteiger partial charge is 0.0621 e. The maximum atomic E-state index is 6.04. The summed E-state index contributed by atoms with van der Waals surface area (Å²) in [6.07, 6.45) is 4.41. The molecule has 0 aliphatic rings.